The maximum absolute atomic E-state index is 13.0. The molecule has 0 radical (unpaired) electrons. The van der Waals surface area contributed by atoms with Crippen molar-refractivity contribution in [3.63, 3.8) is 0 Å². The topological polar surface area (TPSA) is 7.76 Å². The molecule has 2 aromatic carbocycles. The maximum Gasteiger partial charge on any atom is 0.416 e. The van der Waals surface area contributed by atoms with E-state index in [0.29, 0.717) is 0 Å². The van der Waals surface area contributed by atoms with Crippen molar-refractivity contribution in [3.8, 4) is 22.5 Å². The second-order valence-corrected chi connectivity index (χ2v) is 6.97. The van der Waals surface area contributed by atoms with Crippen LogP contribution >= 0.6 is 0 Å². The molecule has 154 valence electrons. The minimum atomic E-state index is -4.33. The lowest BCUT2D eigenvalue weighted by Gasteiger charge is -2.14. The molecular weight excluding hydrogens is 521 g/mol. The van der Waals surface area contributed by atoms with Crippen LogP contribution in [0.4, 0.5) is 13.2 Å². The molecule has 0 fully saturated rings. The number of benzene rings is 2. The Labute approximate surface area is 193 Å². The Hall–Kier alpha value is -2.25. The van der Waals surface area contributed by atoms with Crippen LogP contribution < -0.4 is 43.1 Å². The largest absolute Gasteiger partial charge is 1.00 e. The van der Waals surface area contributed by atoms with Gasteiger partial charge < -0.3 is 34.0 Å². The molecule has 0 saturated heterocycles. The minimum absolute atomic E-state index is 0. The van der Waals surface area contributed by atoms with Crippen molar-refractivity contribution in [1.82, 2.24) is 0 Å². The van der Waals surface area contributed by atoms with Crippen LogP contribution in [0, 0.1) is 0 Å². The van der Waals surface area contributed by atoms with Gasteiger partial charge in [-0.05, 0) is 29.8 Å². The number of pyridine rings is 2. The zero-order chi connectivity index (χ0) is 19.3. The second kappa shape index (κ2) is 8.47. The average Bonchev–Trinajstić information content (AvgIpc) is 2.72. The highest BCUT2D eigenvalue weighted by Crippen LogP contribution is 2.34. The van der Waals surface area contributed by atoms with E-state index in [0.717, 1.165) is 58.6 Å². The van der Waals surface area contributed by atoms with Gasteiger partial charge in [0.15, 0.2) is 6.20 Å². The first kappa shape index (κ1) is 22.4. The van der Waals surface area contributed by atoms with Crippen LogP contribution in [0.1, 0.15) is 5.56 Å². The second-order valence-electron chi connectivity index (χ2n) is 6.97. The van der Waals surface area contributed by atoms with Gasteiger partial charge >= 0.3 is 6.18 Å². The molecular formula is C23H17Br2F3N2. The third kappa shape index (κ3) is 3.76. The molecule has 0 amide bonds. The number of hydrogen-bond acceptors (Lipinski definition) is 0. The predicted molar refractivity (Wildman–Crippen MR) is 100 cm³/mol. The molecule has 3 heterocycles. The third-order valence-corrected chi connectivity index (χ3v) is 5.35. The van der Waals surface area contributed by atoms with Gasteiger partial charge in [-0.2, -0.15) is 22.3 Å². The van der Waals surface area contributed by atoms with E-state index in [2.05, 4.69) is 33.5 Å². The van der Waals surface area contributed by atoms with Gasteiger partial charge in [-0.3, -0.25) is 0 Å². The van der Waals surface area contributed by atoms with Crippen LogP contribution in [0.3, 0.4) is 0 Å². The molecule has 5 rings (SSSR count). The van der Waals surface area contributed by atoms with Gasteiger partial charge in [-0.25, -0.2) is 0 Å². The highest BCUT2D eigenvalue weighted by Gasteiger charge is 2.33. The molecule has 2 aromatic heterocycles. The summed E-state index contributed by atoms with van der Waals surface area (Å²) in [6, 6.07) is 21.7. The lowest BCUT2D eigenvalue weighted by Crippen LogP contribution is -3.00. The van der Waals surface area contributed by atoms with Crippen LogP contribution in [0.5, 0.6) is 0 Å². The van der Waals surface area contributed by atoms with Crippen molar-refractivity contribution >= 4 is 10.9 Å². The Balaban J connectivity index is 0.00000128. The first-order chi connectivity index (χ1) is 13.5. The van der Waals surface area contributed by atoms with Crippen molar-refractivity contribution in [2.24, 2.45) is 0 Å². The van der Waals surface area contributed by atoms with Crippen LogP contribution in [-0.4, -0.2) is 0 Å². The fraction of sp³-hybridized carbons (Fsp3) is 0.130. The molecule has 1 aliphatic rings. The summed E-state index contributed by atoms with van der Waals surface area (Å²) in [5.74, 6) is 0. The fourth-order valence-corrected chi connectivity index (χ4v) is 4.00. The van der Waals surface area contributed by atoms with Crippen molar-refractivity contribution in [2.75, 3.05) is 0 Å². The average molecular weight is 538 g/mol. The monoisotopic (exact) mass is 536 g/mol. The van der Waals surface area contributed by atoms with Gasteiger partial charge in [0.05, 0.1) is 10.9 Å². The number of hydrogen-bond donors (Lipinski definition) is 0. The number of aryl methyl sites for hydroxylation is 2. The first-order valence-electron chi connectivity index (χ1n) is 9.14. The van der Waals surface area contributed by atoms with Gasteiger partial charge in [0, 0.05) is 29.8 Å². The number of para-hydroxylation sites is 1. The zero-order valence-corrected chi connectivity index (χ0v) is 18.9. The summed E-state index contributed by atoms with van der Waals surface area (Å²) < 4.78 is 43.4. The smallest absolute Gasteiger partial charge is 0.416 e. The lowest BCUT2D eigenvalue weighted by atomic mass is 9.97. The highest BCUT2D eigenvalue weighted by molar-refractivity contribution is 5.94. The number of halogens is 5. The first-order valence-corrected chi connectivity index (χ1v) is 9.14. The number of alkyl halides is 3. The van der Waals surface area contributed by atoms with Gasteiger partial charge in [-0.15, -0.1) is 0 Å². The van der Waals surface area contributed by atoms with Crippen molar-refractivity contribution in [3.05, 3.63) is 84.6 Å². The Morgan fingerprint density at radius 1 is 0.733 bits per heavy atom. The van der Waals surface area contributed by atoms with Crippen LogP contribution in [-0.2, 0) is 19.3 Å². The Morgan fingerprint density at radius 3 is 2.17 bits per heavy atom. The summed E-state index contributed by atoms with van der Waals surface area (Å²) in [6.45, 7) is 1.74. The number of aromatic nitrogens is 2. The molecule has 0 bridgehead atoms. The van der Waals surface area contributed by atoms with Gasteiger partial charge in [0.2, 0.25) is 18.6 Å². The maximum atomic E-state index is 13.0. The van der Waals surface area contributed by atoms with E-state index in [1.165, 1.54) is 0 Å². The quantitative estimate of drug-likeness (QED) is 0.269. The van der Waals surface area contributed by atoms with E-state index >= 15 is 0 Å². The lowest BCUT2D eigenvalue weighted by molar-refractivity contribution is -0.783. The molecule has 7 heteroatoms. The van der Waals surface area contributed by atoms with Crippen molar-refractivity contribution in [1.29, 1.82) is 0 Å². The zero-order valence-electron chi connectivity index (χ0n) is 15.7. The summed E-state index contributed by atoms with van der Waals surface area (Å²) in [4.78, 5) is 0. The van der Waals surface area contributed by atoms with E-state index in [-0.39, 0.29) is 34.0 Å². The molecule has 0 saturated carbocycles. The normalized spacial score (nSPS) is 12.4. The summed E-state index contributed by atoms with van der Waals surface area (Å²) >= 11 is 0. The minimum Gasteiger partial charge on any atom is -1.00 e. The van der Waals surface area contributed by atoms with Gasteiger partial charge in [-0.1, -0.05) is 24.3 Å². The summed E-state index contributed by atoms with van der Waals surface area (Å²) in [5.41, 5.74) is 4.35. The van der Waals surface area contributed by atoms with E-state index in [1.807, 2.05) is 30.3 Å². The SMILES string of the molecule is FC(F)(F)c1ccc(-c2cc3[n+](c4ccccc24)CC[n+]2ccccc2-3)cc1.[Br-].[Br-]. The Kier molecular flexibility index (Phi) is 6.34. The fourth-order valence-electron chi connectivity index (χ4n) is 4.00. The van der Waals surface area contributed by atoms with E-state index in [1.54, 1.807) is 12.1 Å². The number of rotatable bonds is 1. The molecule has 0 aliphatic carbocycles. The van der Waals surface area contributed by atoms with Gasteiger partial charge in [0.25, 0.3) is 11.4 Å². The predicted octanol–water partition coefficient (Wildman–Crippen LogP) is -1.21. The van der Waals surface area contributed by atoms with Crippen molar-refractivity contribution in [2.45, 2.75) is 19.3 Å². The molecule has 0 atom stereocenters. The molecule has 2 nitrogen and oxygen atoms in total. The van der Waals surface area contributed by atoms with Gasteiger partial charge in [0.1, 0.15) is 0 Å². The Morgan fingerprint density at radius 2 is 1.43 bits per heavy atom. The number of fused-ring (bicyclic) bond motifs is 5. The molecule has 0 unspecified atom stereocenters. The molecule has 30 heavy (non-hydrogen) atoms. The van der Waals surface area contributed by atoms with E-state index < -0.39 is 11.7 Å². The third-order valence-electron chi connectivity index (χ3n) is 5.35. The summed E-state index contributed by atoms with van der Waals surface area (Å²) in [7, 11) is 0. The van der Waals surface area contributed by atoms with Crippen molar-refractivity contribution < 1.29 is 56.3 Å². The molecule has 1 aliphatic heterocycles. The van der Waals surface area contributed by atoms with Crippen LogP contribution in [0.2, 0.25) is 0 Å². The van der Waals surface area contributed by atoms with Crippen LogP contribution in [0.25, 0.3) is 33.4 Å². The summed E-state index contributed by atoms with van der Waals surface area (Å²) in [6.07, 6.45) is -2.27. The number of nitrogens with zero attached hydrogens (tertiary/aromatic N) is 2. The standard InChI is InChI=1S/C23H17F3N2.2BrH/c24-23(25,26)17-10-8-16(9-11-17)19-15-22-21-7-3-4-12-27(21)13-14-28(22)20-6-2-1-5-18(19)20;;/h1-12,15H,13-14H2;2*1H/q+2;;/p-2. The summed E-state index contributed by atoms with van der Waals surface area (Å²) in [5, 5.41) is 1.04. The molecule has 4 aromatic rings. The van der Waals surface area contributed by atoms with E-state index in [4.69, 9.17) is 0 Å². The highest BCUT2D eigenvalue weighted by atomic mass is 79.9. The molecule has 0 N–H and O–H groups in total. The van der Waals surface area contributed by atoms with E-state index in [9.17, 15) is 13.2 Å². The Bertz CT molecular complexity index is 1210. The molecule has 0 spiro atoms. The van der Waals surface area contributed by atoms with Crippen LogP contribution in [0.15, 0.2) is 79.0 Å².